The van der Waals surface area contributed by atoms with Crippen molar-refractivity contribution in [2.75, 3.05) is 38.8 Å². The first-order chi connectivity index (χ1) is 15.9. The van der Waals surface area contributed by atoms with Gasteiger partial charge < -0.3 is 14.4 Å². The number of amidine groups is 1. The van der Waals surface area contributed by atoms with Crippen molar-refractivity contribution in [2.24, 2.45) is 4.99 Å². The molecular weight excluding hydrogens is 438 g/mol. The van der Waals surface area contributed by atoms with Gasteiger partial charge in [-0.05, 0) is 75.0 Å². The van der Waals surface area contributed by atoms with Crippen molar-refractivity contribution in [1.82, 2.24) is 4.90 Å². The van der Waals surface area contributed by atoms with Crippen LogP contribution in [-0.4, -0.2) is 55.8 Å². The van der Waals surface area contributed by atoms with Crippen LogP contribution in [0.15, 0.2) is 52.4 Å². The lowest BCUT2D eigenvalue weighted by molar-refractivity contribution is -0.121. The molecule has 2 aromatic carbocycles. The maximum absolute atomic E-state index is 12.8. The van der Waals surface area contributed by atoms with E-state index in [2.05, 4.69) is 23.7 Å². The average molecular weight is 468 g/mol. The zero-order valence-corrected chi connectivity index (χ0v) is 20.4. The number of rotatable bonds is 8. The van der Waals surface area contributed by atoms with E-state index in [0.717, 1.165) is 24.3 Å². The largest absolute Gasteiger partial charge is 0.496 e. The zero-order valence-electron chi connectivity index (χ0n) is 19.6. The van der Waals surface area contributed by atoms with Crippen molar-refractivity contribution in [3.8, 4) is 5.75 Å². The Morgan fingerprint density at radius 2 is 1.82 bits per heavy atom. The van der Waals surface area contributed by atoms with Crippen LogP contribution < -0.4 is 9.64 Å². The minimum absolute atomic E-state index is 0.128. The molecule has 1 aliphatic rings. The summed E-state index contributed by atoms with van der Waals surface area (Å²) in [6, 6.07) is 12.8. The van der Waals surface area contributed by atoms with E-state index in [0.29, 0.717) is 33.7 Å². The van der Waals surface area contributed by atoms with Gasteiger partial charge in [-0.3, -0.25) is 9.69 Å². The minimum atomic E-state index is -0.370. The quantitative estimate of drug-likeness (QED) is 0.404. The summed E-state index contributed by atoms with van der Waals surface area (Å²) in [6.45, 7) is 8.12. The van der Waals surface area contributed by atoms with E-state index < -0.39 is 0 Å². The number of hydrogen-bond acceptors (Lipinski definition) is 7. The third-order valence-corrected chi connectivity index (χ3v) is 6.30. The highest BCUT2D eigenvalue weighted by atomic mass is 32.2. The molecule has 2 aromatic rings. The first kappa shape index (κ1) is 24.4. The Morgan fingerprint density at radius 1 is 1.12 bits per heavy atom. The summed E-state index contributed by atoms with van der Waals surface area (Å²) in [6.07, 6.45) is 1.83. The molecule has 0 atom stereocenters. The standard InChI is InChI=1S/C25H29N3O4S/c1-6-28(7-2)20-14-11-18(21(16-20)31-5)15-22-23(29)27(4)25(33-22)26-19-12-9-17(10-13-19)24(30)32-8-3/h9-16H,6-8H2,1-5H3/b22-15-,26-25?. The Balaban J connectivity index is 1.84. The van der Waals surface area contributed by atoms with Crippen LogP contribution in [0.2, 0.25) is 0 Å². The molecule has 1 amide bonds. The van der Waals surface area contributed by atoms with Crippen molar-refractivity contribution in [2.45, 2.75) is 20.8 Å². The fourth-order valence-electron chi connectivity index (χ4n) is 3.39. The topological polar surface area (TPSA) is 71.4 Å². The summed E-state index contributed by atoms with van der Waals surface area (Å²) in [5, 5.41) is 0.564. The summed E-state index contributed by atoms with van der Waals surface area (Å²) in [7, 11) is 3.33. The molecule has 0 bridgehead atoms. The van der Waals surface area contributed by atoms with Crippen molar-refractivity contribution in [3.05, 3.63) is 58.5 Å². The molecule has 0 unspecified atom stereocenters. The summed E-state index contributed by atoms with van der Waals surface area (Å²) >= 11 is 1.30. The summed E-state index contributed by atoms with van der Waals surface area (Å²) in [5.41, 5.74) is 3.02. The Kier molecular flexibility index (Phi) is 8.16. The Labute approximate surface area is 199 Å². The predicted octanol–water partition coefficient (Wildman–Crippen LogP) is 4.95. The number of thioether (sulfide) groups is 1. The molecule has 0 N–H and O–H groups in total. The number of carbonyl (C=O) groups is 2. The van der Waals surface area contributed by atoms with E-state index in [1.165, 1.54) is 16.7 Å². The smallest absolute Gasteiger partial charge is 0.338 e. The first-order valence-electron chi connectivity index (χ1n) is 10.9. The molecule has 0 saturated carbocycles. The molecule has 8 heteroatoms. The number of anilines is 1. The van der Waals surface area contributed by atoms with Crippen LogP contribution >= 0.6 is 11.8 Å². The van der Waals surface area contributed by atoms with Gasteiger partial charge in [0.15, 0.2) is 5.17 Å². The van der Waals surface area contributed by atoms with E-state index in [-0.39, 0.29) is 11.9 Å². The number of esters is 1. The van der Waals surface area contributed by atoms with E-state index >= 15 is 0 Å². The Morgan fingerprint density at radius 3 is 2.42 bits per heavy atom. The maximum Gasteiger partial charge on any atom is 0.338 e. The van der Waals surface area contributed by atoms with E-state index in [9.17, 15) is 9.59 Å². The molecule has 0 aromatic heterocycles. The fourth-order valence-corrected chi connectivity index (χ4v) is 4.37. The van der Waals surface area contributed by atoms with Crippen LogP contribution in [0.4, 0.5) is 11.4 Å². The zero-order chi connectivity index (χ0) is 24.0. The van der Waals surface area contributed by atoms with Crippen LogP contribution in [0, 0.1) is 0 Å². The highest BCUT2D eigenvalue weighted by Crippen LogP contribution is 2.35. The lowest BCUT2D eigenvalue weighted by Crippen LogP contribution is -2.23. The van der Waals surface area contributed by atoms with Gasteiger partial charge in [-0.2, -0.15) is 0 Å². The van der Waals surface area contributed by atoms with Gasteiger partial charge in [0.2, 0.25) is 0 Å². The molecule has 1 fully saturated rings. The third kappa shape index (κ3) is 5.57. The number of amides is 1. The SMILES string of the molecule is CCOC(=O)c1ccc(N=C2S/C(=C\c3ccc(N(CC)CC)cc3OC)C(=O)N2C)cc1. The fraction of sp³-hybridized carbons (Fsp3) is 0.320. The molecule has 0 radical (unpaired) electrons. The molecule has 33 heavy (non-hydrogen) atoms. The van der Waals surface area contributed by atoms with Gasteiger partial charge in [0.1, 0.15) is 5.75 Å². The second kappa shape index (κ2) is 11.0. The van der Waals surface area contributed by atoms with Gasteiger partial charge in [-0.1, -0.05) is 0 Å². The van der Waals surface area contributed by atoms with Gasteiger partial charge in [0.05, 0.1) is 29.9 Å². The van der Waals surface area contributed by atoms with E-state index in [1.807, 2.05) is 24.3 Å². The number of ether oxygens (including phenoxy) is 2. The predicted molar refractivity (Wildman–Crippen MR) is 134 cm³/mol. The molecule has 1 aliphatic heterocycles. The van der Waals surface area contributed by atoms with Crippen LogP contribution in [0.3, 0.4) is 0 Å². The van der Waals surface area contributed by atoms with Crippen LogP contribution in [0.1, 0.15) is 36.7 Å². The van der Waals surface area contributed by atoms with Crippen LogP contribution in [0.25, 0.3) is 6.08 Å². The molecule has 0 spiro atoms. The molecule has 1 heterocycles. The average Bonchev–Trinajstić information content (AvgIpc) is 3.09. The van der Waals surface area contributed by atoms with Crippen molar-refractivity contribution in [1.29, 1.82) is 0 Å². The number of carbonyl (C=O) groups excluding carboxylic acids is 2. The highest BCUT2D eigenvalue weighted by Gasteiger charge is 2.30. The molecule has 0 aliphatic carbocycles. The van der Waals surface area contributed by atoms with Gasteiger partial charge in [-0.25, -0.2) is 9.79 Å². The molecule has 174 valence electrons. The molecule has 7 nitrogen and oxygen atoms in total. The van der Waals surface area contributed by atoms with Crippen molar-refractivity contribution < 1.29 is 19.1 Å². The second-order valence-corrected chi connectivity index (χ2v) is 8.24. The first-order valence-corrected chi connectivity index (χ1v) is 11.7. The lowest BCUT2D eigenvalue weighted by atomic mass is 10.1. The van der Waals surface area contributed by atoms with Crippen LogP contribution in [0.5, 0.6) is 5.75 Å². The summed E-state index contributed by atoms with van der Waals surface area (Å²) in [5.74, 6) is 0.213. The highest BCUT2D eigenvalue weighted by molar-refractivity contribution is 8.18. The Hall–Kier alpha value is -3.26. The van der Waals surface area contributed by atoms with Crippen molar-refractivity contribution >= 4 is 46.3 Å². The minimum Gasteiger partial charge on any atom is -0.496 e. The summed E-state index contributed by atoms with van der Waals surface area (Å²) < 4.78 is 10.6. The van der Waals surface area contributed by atoms with Crippen LogP contribution in [-0.2, 0) is 9.53 Å². The van der Waals surface area contributed by atoms with Crippen molar-refractivity contribution in [3.63, 3.8) is 0 Å². The number of methoxy groups -OCH3 is 1. The number of likely N-dealkylation sites (N-methyl/N-ethyl adjacent to an activating group) is 1. The van der Waals surface area contributed by atoms with Gasteiger partial charge in [0, 0.05) is 37.5 Å². The number of aliphatic imine (C=N–C) groups is 1. The number of benzene rings is 2. The monoisotopic (exact) mass is 467 g/mol. The second-order valence-electron chi connectivity index (χ2n) is 7.24. The Bertz CT molecular complexity index is 1080. The van der Waals surface area contributed by atoms with E-state index in [1.54, 1.807) is 45.3 Å². The maximum atomic E-state index is 12.8. The normalized spacial score (nSPS) is 15.9. The third-order valence-electron chi connectivity index (χ3n) is 5.24. The van der Waals surface area contributed by atoms with Gasteiger partial charge >= 0.3 is 5.97 Å². The van der Waals surface area contributed by atoms with E-state index in [4.69, 9.17) is 9.47 Å². The van der Waals surface area contributed by atoms with Gasteiger partial charge in [-0.15, -0.1) is 0 Å². The summed E-state index contributed by atoms with van der Waals surface area (Å²) in [4.78, 5) is 33.6. The molecular formula is C25H29N3O4S. The lowest BCUT2D eigenvalue weighted by Gasteiger charge is -2.22. The number of nitrogens with zero attached hydrogens (tertiary/aromatic N) is 3. The van der Waals surface area contributed by atoms with Gasteiger partial charge in [0.25, 0.3) is 5.91 Å². The molecule has 1 saturated heterocycles. The number of hydrogen-bond donors (Lipinski definition) is 0. The molecule has 3 rings (SSSR count).